The molecule has 1 atom stereocenters. The summed E-state index contributed by atoms with van der Waals surface area (Å²) in [6.07, 6.45) is 2.13. The molecule has 0 aromatic carbocycles. The van der Waals surface area contributed by atoms with Gasteiger partial charge in [-0.3, -0.25) is 0 Å². The first-order valence-electron chi connectivity index (χ1n) is 3.09. The highest BCUT2D eigenvalue weighted by Crippen LogP contribution is 2.04. The minimum atomic E-state index is 0.358. The number of hydrogen-bond acceptors (Lipinski definition) is 3. The quantitative estimate of drug-likeness (QED) is 0.624. The van der Waals surface area contributed by atoms with Crippen molar-refractivity contribution in [3.63, 3.8) is 0 Å². The van der Waals surface area contributed by atoms with Gasteiger partial charge in [-0.2, -0.15) is 23.5 Å². The third-order valence-electron chi connectivity index (χ3n) is 0.813. The Labute approximate surface area is 66.2 Å². The van der Waals surface area contributed by atoms with Gasteiger partial charge in [-0.15, -0.1) is 0 Å². The zero-order valence-corrected chi connectivity index (χ0v) is 7.73. The van der Waals surface area contributed by atoms with E-state index in [2.05, 4.69) is 6.26 Å². The van der Waals surface area contributed by atoms with E-state index in [0.29, 0.717) is 6.04 Å². The van der Waals surface area contributed by atoms with E-state index in [1.165, 1.54) is 11.5 Å². The van der Waals surface area contributed by atoms with Gasteiger partial charge in [0.15, 0.2) is 0 Å². The zero-order valence-electron chi connectivity index (χ0n) is 6.09. The minimum Gasteiger partial charge on any atom is -0.327 e. The Bertz CT molecular complexity index is 57.0. The maximum atomic E-state index is 5.55. The number of hydrogen-bond donors (Lipinski definition) is 1. The van der Waals surface area contributed by atoms with Crippen LogP contribution in [0.15, 0.2) is 0 Å². The first-order chi connectivity index (χ1) is 4.27. The molecule has 0 radical (unpaired) electrons. The molecule has 0 aliphatic rings. The second-order valence-electron chi connectivity index (χ2n) is 2.04. The fourth-order valence-electron chi connectivity index (χ4n) is 0.411. The monoisotopic (exact) mass is 165 g/mol. The van der Waals surface area contributed by atoms with Crippen LogP contribution in [0, 0.1) is 0 Å². The number of nitrogens with two attached hydrogens (primary N) is 1. The summed E-state index contributed by atoms with van der Waals surface area (Å²) in [6.45, 7) is 2.05. The average molecular weight is 165 g/mol. The van der Waals surface area contributed by atoms with Gasteiger partial charge < -0.3 is 5.73 Å². The fourth-order valence-corrected chi connectivity index (χ4v) is 2.09. The van der Waals surface area contributed by atoms with Crippen molar-refractivity contribution >= 4 is 23.5 Å². The van der Waals surface area contributed by atoms with Crippen molar-refractivity contribution < 1.29 is 0 Å². The molecule has 0 unspecified atom stereocenters. The molecule has 0 aromatic heterocycles. The summed E-state index contributed by atoms with van der Waals surface area (Å²) >= 11 is 3.83. The van der Waals surface area contributed by atoms with Gasteiger partial charge in [-0.25, -0.2) is 0 Å². The summed E-state index contributed by atoms with van der Waals surface area (Å²) in [5.74, 6) is 3.58. The van der Waals surface area contributed by atoms with Crippen LogP contribution >= 0.6 is 23.5 Å². The van der Waals surface area contributed by atoms with Gasteiger partial charge in [-0.05, 0) is 13.2 Å². The smallest absolute Gasteiger partial charge is 0.0101 e. The highest BCUT2D eigenvalue weighted by Gasteiger charge is 1.92. The summed E-state index contributed by atoms with van der Waals surface area (Å²) < 4.78 is 0. The summed E-state index contributed by atoms with van der Waals surface area (Å²) in [6, 6.07) is 0.358. The van der Waals surface area contributed by atoms with Crippen LogP contribution in [-0.2, 0) is 0 Å². The summed E-state index contributed by atoms with van der Waals surface area (Å²) in [5, 5.41) is 0. The molecule has 3 heteroatoms. The van der Waals surface area contributed by atoms with Gasteiger partial charge >= 0.3 is 0 Å². The van der Waals surface area contributed by atoms with Crippen molar-refractivity contribution in [2.45, 2.75) is 13.0 Å². The molecule has 0 aliphatic carbocycles. The maximum absolute atomic E-state index is 5.55. The Morgan fingerprint density at radius 1 is 1.44 bits per heavy atom. The van der Waals surface area contributed by atoms with E-state index >= 15 is 0 Å². The Morgan fingerprint density at radius 3 is 2.56 bits per heavy atom. The third kappa shape index (κ3) is 8.66. The van der Waals surface area contributed by atoms with Gasteiger partial charge in [0.05, 0.1) is 0 Å². The van der Waals surface area contributed by atoms with Gasteiger partial charge in [0.25, 0.3) is 0 Å². The van der Waals surface area contributed by atoms with Gasteiger partial charge in [0.2, 0.25) is 0 Å². The lowest BCUT2D eigenvalue weighted by Gasteiger charge is -2.02. The van der Waals surface area contributed by atoms with Crippen molar-refractivity contribution in [2.24, 2.45) is 5.73 Å². The fraction of sp³-hybridized carbons (Fsp3) is 1.00. The first kappa shape index (κ1) is 9.66. The zero-order chi connectivity index (χ0) is 7.11. The lowest BCUT2D eigenvalue weighted by atomic mass is 10.4. The molecule has 0 heterocycles. The molecule has 0 saturated heterocycles. The topological polar surface area (TPSA) is 26.0 Å². The van der Waals surface area contributed by atoms with Crippen LogP contribution in [-0.4, -0.2) is 29.6 Å². The molecular weight excluding hydrogens is 150 g/mol. The molecule has 0 amide bonds. The molecule has 56 valence electrons. The predicted octanol–water partition coefficient (Wildman–Crippen LogP) is 1.43. The van der Waals surface area contributed by atoms with Crippen molar-refractivity contribution in [3.05, 3.63) is 0 Å². The molecule has 2 N–H and O–H groups in total. The van der Waals surface area contributed by atoms with Gasteiger partial charge in [-0.1, -0.05) is 0 Å². The van der Waals surface area contributed by atoms with E-state index in [0.717, 1.165) is 5.75 Å². The van der Waals surface area contributed by atoms with Gasteiger partial charge in [0, 0.05) is 23.3 Å². The molecule has 0 spiro atoms. The van der Waals surface area contributed by atoms with Crippen molar-refractivity contribution in [1.82, 2.24) is 0 Å². The van der Waals surface area contributed by atoms with Crippen LogP contribution in [0.1, 0.15) is 6.92 Å². The SMILES string of the molecule is CSCCSC[C@H](C)N. The van der Waals surface area contributed by atoms with Crippen LogP contribution in [0.5, 0.6) is 0 Å². The maximum Gasteiger partial charge on any atom is 0.0101 e. The van der Waals surface area contributed by atoms with E-state index in [1.807, 2.05) is 30.4 Å². The van der Waals surface area contributed by atoms with Crippen molar-refractivity contribution in [2.75, 3.05) is 23.5 Å². The first-order valence-corrected chi connectivity index (χ1v) is 5.64. The van der Waals surface area contributed by atoms with Crippen molar-refractivity contribution in [1.29, 1.82) is 0 Å². The average Bonchev–Trinajstić information content (AvgIpc) is 1.80. The van der Waals surface area contributed by atoms with Crippen LogP contribution in [0.3, 0.4) is 0 Å². The van der Waals surface area contributed by atoms with E-state index < -0.39 is 0 Å². The molecule has 1 nitrogen and oxygen atoms in total. The molecule has 0 bridgehead atoms. The Kier molecular flexibility index (Phi) is 7.27. The Morgan fingerprint density at radius 2 is 2.11 bits per heavy atom. The number of rotatable bonds is 5. The standard InChI is InChI=1S/C6H15NS2/c1-6(7)5-9-4-3-8-2/h6H,3-5,7H2,1-2H3/t6-/m0/s1. The van der Waals surface area contributed by atoms with Crippen LogP contribution in [0.2, 0.25) is 0 Å². The largest absolute Gasteiger partial charge is 0.327 e. The second-order valence-corrected chi connectivity index (χ2v) is 4.18. The van der Waals surface area contributed by atoms with Crippen LogP contribution < -0.4 is 5.73 Å². The lowest BCUT2D eigenvalue weighted by Crippen LogP contribution is -2.17. The van der Waals surface area contributed by atoms with E-state index in [4.69, 9.17) is 5.73 Å². The molecule has 0 fully saturated rings. The second kappa shape index (κ2) is 6.78. The molecule has 0 saturated carbocycles. The van der Waals surface area contributed by atoms with Gasteiger partial charge in [0.1, 0.15) is 0 Å². The summed E-state index contributed by atoms with van der Waals surface area (Å²) in [7, 11) is 0. The normalized spacial score (nSPS) is 13.7. The van der Waals surface area contributed by atoms with Crippen LogP contribution in [0.25, 0.3) is 0 Å². The summed E-state index contributed by atoms with van der Waals surface area (Å²) in [4.78, 5) is 0. The molecule has 9 heavy (non-hydrogen) atoms. The third-order valence-corrected chi connectivity index (χ3v) is 2.94. The van der Waals surface area contributed by atoms with Crippen LogP contribution in [0.4, 0.5) is 0 Å². The summed E-state index contributed by atoms with van der Waals surface area (Å²) in [5.41, 5.74) is 5.55. The molecule has 0 aromatic rings. The predicted molar refractivity (Wildman–Crippen MR) is 49.4 cm³/mol. The highest BCUT2D eigenvalue weighted by atomic mass is 32.2. The lowest BCUT2D eigenvalue weighted by molar-refractivity contribution is 0.847. The van der Waals surface area contributed by atoms with E-state index in [9.17, 15) is 0 Å². The van der Waals surface area contributed by atoms with E-state index in [-0.39, 0.29) is 0 Å². The molecular formula is C6H15NS2. The van der Waals surface area contributed by atoms with E-state index in [1.54, 1.807) is 0 Å². The Hall–Kier alpha value is 0.660. The van der Waals surface area contributed by atoms with Crippen molar-refractivity contribution in [3.8, 4) is 0 Å². The number of thioether (sulfide) groups is 2. The molecule has 0 aliphatic heterocycles. The Balaban J connectivity index is 2.75. The minimum absolute atomic E-state index is 0.358. The highest BCUT2D eigenvalue weighted by molar-refractivity contribution is 8.02. The molecule has 0 rings (SSSR count).